The van der Waals surface area contributed by atoms with Gasteiger partial charge >= 0.3 is 0 Å². The van der Waals surface area contributed by atoms with E-state index in [4.69, 9.17) is 0 Å². The Morgan fingerprint density at radius 1 is 1.11 bits per heavy atom. The van der Waals surface area contributed by atoms with Crippen molar-refractivity contribution in [2.24, 2.45) is 0 Å². The number of rotatable bonds is 5. The Labute approximate surface area is 211 Å². The number of hydrogen-bond acceptors (Lipinski definition) is 8. The quantitative estimate of drug-likeness (QED) is 0.326. The van der Waals surface area contributed by atoms with E-state index in [9.17, 15) is 14.0 Å². The van der Waals surface area contributed by atoms with E-state index in [1.807, 2.05) is 31.5 Å². The van der Waals surface area contributed by atoms with Crippen molar-refractivity contribution in [3.63, 3.8) is 0 Å². The number of carbonyl (C=O) groups is 1. The Bertz CT molecular complexity index is 1500. The average molecular weight is 504 g/mol. The number of halogens is 1. The van der Waals surface area contributed by atoms with Crippen LogP contribution in [-0.2, 0) is 18.5 Å². The summed E-state index contributed by atoms with van der Waals surface area (Å²) in [6.07, 6.45) is 2.90. The van der Waals surface area contributed by atoms with Crippen LogP contribution in [0.5, 0.6) is 0 Å². The number of carbonyl (C=O) groups excluding carboxylic acids is 1. The third kappa shape index (κ3) is 5.23. The van der Waals surface area contributed by atoms with Gasteiger partial charge in [0.25, 0.3) is 11.5 Å². The molecule has 1 aromatic carbocycles. The summed E-state index contributed by atoms with van der Waals surface area (Å²) in [6.45, 7) is 8.23. The SMILES string of the molecule is CC(C)(C)c1cnc(C(=O)Nc2cc(-c3cc(Nc4cc5n(n4)CCNC5)c(=O)[nH]n3)ccc2F)cn1. The highest BCUT2D eigenvalue weighted by Crippen LogP contribution is 2.26. The van der Waals surface area contributed by atoms with Crippen molar-refractivity contribution in [1.82, 2.24) is 35.3 Å². The molecule has 190 valence electrons. The first-order valence-corrected chi connectivity index (χ1v) is 11.8. The van der Waals surface area contributed by atoms with Crippen LogP contribution in [0, 0.1) is 5.82 Å². The Morgan fingerprint density at radius 3 is 2.68 bits per heavy atom. The molecule has 0 atom stereocenters. The highest BCUT2D eigenvalue weighted by molar-refractivity contribution is 6.03. The molecule has 1 amide bonds. The molecule has 12 heteroatoms. The zero-order valence-corrected chi connectivity index (χ0v) is 20.6. The highest BCUT2D eigenvalue weighted by atomic mass is 19.1. The highest BCUT2D eigenvalue weighted by Gasteiger charge is 2.18. The van der Waals surface area contributed by atoms with E-state index in [1.165, 1.54) is 30.6 Å². The second kappa shape index (κ2) is 9.54. The Kier molecular flexibility index (Phi) is 6.25. The lowest BCUT2D eigenvalue weighted by atomic mass is 9.93. The molecule has 0 aliphatic carbocycles. The largest absolute Gasteiger partial charge is 0.334 e. The van der Waals surface area contributed by atoms with Gasteiger partial charge in [-0.15, -0.1) is 0 Å². The molecule has 37 heavy (non-hydrogen) atoms. The Balaban J connectivity index is 1.37. The molecule has 0 fully saturated rings. The predicted octanol–water partition coefficient (Wildman–Crippen LogP) is 2.96. The summed E-state index contributed by atoms with van der Waals surface area (Å²) in [5, 5.41) is 19.9. The summed E-state index contributed by atoms with van der Waals surface area (Å²) < 4.78 is 16.4. The molecule has 0 saturated carbocycles. The average Bonchev–Trinajstić information content (AvgIpc) is 3.29. The van der Waals surface area contributed by atoms with Gasteiger partial charge in [0.2, 0.25) is 0 Å². The van der Waals surface area contributed by atoms with Crippen molar-refractivity contribution < 1.29 is 9.18 Å². The number of fused-ring (bicyclic) bond motifs is 1. The van der Waals surface area contributed by atoms with Crippen LogP contribution in [0.4, 0.5) is 21.6 Å². The minimum Gasteiger partial charge on any atom is -0.334 e. The van der Waals surface area contributed by atoms with E-state index < -0.39 is 17.3 Å². The minimum atomic E-state index is -0.628. The second-order valence-corrected chi connectivity index (χ2v) is 9.73. The first-order chi connectivity index (χ1) is 17.7. The molecule has 3 aromatic heterocycles. The Hall–Kier alpha value is -4.45. The van der Waals surface area contributed by atoms with Gasteiger partial charge in [-0.1, -0.05) is 20.8 Å². The molecule has 4 aromatic rings. The molecule has 1 aliphatic heterocycles. The van der Waals surface area contributed by atoms with Gasteiger partial charge in [0.15, 0.2) is 5.82 Å². The molecule has 0 bridgehead atoms. The van der Waals surface area contributed by atoms with Crippen LogP contribution in [0.25, 0.3) is 11.3 Å². The van der Waals surface area contributed by atoms with E-state index in [0.29, 0.717) is 23.6 Å². The molecule has 11 nitrogen and oxygen atoms in total. The number of amides is 1. The number of anilines is 3. The number of benzene rings is 1. The molecular weight excluding hydrogens is 477 g/mol. The van der Waals surface area contributed by atoms with Crippen molar-refractivity contribution >= 4 is 23.1 Å². The molecular formula is C25H26FN9O2. The zero-order valence-electron chi connectivity index (χ0n) is 20.6. The lowest BCUT2D eigenvalue weighted by Gasteiger charge is -2.16. The number of nitrogens with zero attached hydrogens (tertiary/aromatic N) is 5. The van der Waals surface area contributed by atoms with E-state index in [0.717, 1.165) is 24.5 Å². The van der Waals surface area contributed by atoms with Crippen LogP contribution < -0.4 is 21.5 Å². The molecule has 4 N–H and O–H groups in total. The van der Waals surface area contributed by atoms with Crippen molar-refractivity contribution in [2.75, 3.05) is 17.2 Å². The molecule has 0 saturated heterocycles. The molecule has 5 rings (SSSR count). The van der Waals surface area contributed by atoms with Gasteiger partial charge in [-0.25, -0.2) is 14.5 Å². The van der Waals surface area contributed by atoms with Crippen molar-refractivity contribution in [2.45, 2.75) is 39.3 Å². The first kappa shape index (κ1) is 24.3. The van der Waals surface area contributed by atoms with E-state index in [-0.39, 0.29) is 22.5 Å². The number of hydrogen-bond donors (Lipinski definition) is 4. The van der Waals surface area contributed by atoms with Crippen LogP contribution in [0.2, 0.25) is 0 Å². The molecule has 0 spiro atoms. The number of aromatic amines is 1. The summed E-state index contributed by atoms with van der Waals surface area (Å²) in [5.74, 6) is -0.692. The lowest BCUT2D eigenvalue weighted by molar-refractivity contribution is 0.102. The van der Waals surface area contributed by atoms with Gasteiger partial charge in [-0.2, -0.15) is 10.2 Å². The summed E-state index contributed by atoms with van der Waals surface area (Å²) in [4.78, 5) is 33.6. The minimum absolute atomic E-state index is 0.0546. The fourth-order valence-corrected chi connectivity index (χ4v) is 3.84. The predicted molar refractivity (Wildman–Crippen MR) is 136 cm³/mol. The van der Waals surface area contributed by atoms with Gasteiger partial charge < -0.3 is 16.0 Å². The maximum absolute atomic E-state index is 14.6. The summed E-state index contributed by atoms with van der Waals surface area (Å²) in [5.41, 5.74) is 2.20. The Morgan fingerprint density at radius 2 is 1.95 bits per heavy atom. The van der Waals surface area contributed by atoms with Gasteiger partial charge in [0, 0.05) is 36.3 Å². The van der Waals surface area contributed by atoms with Crippen LogP contribution in [0.3, 0.4) is 0 Å². The van der Waals surface area contributed by atoms with E-state index in [1.54, 1.807) is 6.07 Å². The van der Waals surface area contributed by atoms with Crippen LogP contribution in [-0.4, -0.2) is 42.4 Å². The normalized spacial score (nSPS) is 13.2. The van der Waals surface area contributed by atoms with Gasteiger partial charge in [0.1, 0.15) is 17.2 Å². The summed E-state index contributed by atoms with van der Waals surface area (Å²) in [7, 11) is 0. The third-order valence-electron chi connectivity index (χ3n) is 5.90. The van der Waals surface area contributed by atoms with Crippen molar-refractivity contribution in [3.05, 3.63) is 76.0 Å². The molecule has 0 unspecified atom stereocenters. The molecule has 4 heterocycles. The fraction of sp³-hybridized carbons (Fsp3) is 0.280. The van der Waals surface area contributed by atoms with Gasteiger partial charge in [-0.3, -0.25) is 19.3 Å². The van der Waals surface area contributed by atoms with Crippen molar-refractivity contribution in [3.8, 4) is 11.3 Å². The maximum atomic E-state index is 14.6. The third-order valence-corrected chi connectivity index (χ3v) is 5.90. The van der Waals surface area contributed by atoms with E-state index >= 15 is 0 Å². The smallest absolute Gasteiger partial charge is 0.287 e. The number of aromatic nitrogens is 6. The van der Waals surface area contributed by atoms with E-state index in [2.05, 4.69) is 41.2 Å². The van der Waals surface area contributed by atoms with Crippen LogP contribution in [0.15, 0.2) is 47.5 Å². The maximum Gasteiger partial charge on any atom is 0.287 e. The second-order valence-electron chi connectivity index (χ2n) is 9.73. The monoisotopic (exact) mass is 503 g/mol. The van der Waals surface area contributed by atoms with Gasteiger partial charge in [0.05, 0.1) is 35.5 Å². The van der Waals surface area contributed by atoms with Gasteiger partial charge in [-0.05, 0) is 24.3 Å². The van der Waals surface area contributed by atoms with Crippen LogP contribution >= 0.6 is 0 Å². The summed E-state index contributed by atoms with van der Waals surface area (Å²) in [6, 6.07) is 7.58. The lowest BCUT2D eigenvalue weighted by Crippen LogP contribution is -2.28. The standard InChI is InChI=1S/C25H26FN9O2/c1-25(2,3)21-13-28-20(12-29-21)23(36)31-18-8-14(4-5-16(18)26)17-10-19(24(37)33-32-17)30-22-9-15-11-27-6-7-35(15)34-22/h4-5,8-10,12-13,27H,6-7,11H2,1-3H3,(H,31,36)(H,33,37)(H,30,32,34). The topological polar surface area (TPSA) is 143 Å². The number of nitrogens with one attached hydrogen (secondary N) is 4. The summed E-state index contributed by atoms with van der Waals surface area (Å²) >= 11 is 0. The van der Waals surface area contributed by atoms with Crippen molar-refractivity contribution in [1.29, 1.82) is 0 Å². The zero-order chi connectivity index (χ0) is 26.2. The molecule has 0 radical (unpaired) electrons. The van der Waals surface area contributed by atoms with Crippen LogP contribution in [0.1, 0.15) is 42.6 Å². The fourth-order valence-electron chi connectivity index (χ4n) is 3.84. The number of H-pyrrole nitrogens is 1. The first-order valence-electron chi connectivity index (χ1n) is 11.8. The molecule has 1 aliphatic rings.